The minimum atomic E-state index is -1.99. The molecule has 0 heterocycles. The number of hydrogen-bond acceptors (Lipinski definition) is 3. The first-order valence-electron chi connectivity index (χ1n) is 2.34. The van der Waals surface area contributed by atoms with Gasteiger partial charge in [-0.1, -0.05) is 66.8 Å². The highest BCUT2D eigenvalue weighted by Crippen LogP contribution is 2.00. The van der Waals surface area contributed by atoms with E-state index in [-0.39, 0.29) is 66.8 Å². The summed E-state index contributed by atoms with van der Waals surface area (Å²) in [6.45, 7) is 1.93. The first-order chi connectivity index (χ1) is 3.68. The molecule has 7 heteroatoms. The van der Waals surface area contributed by atoms with Crippen molar-refractivity contribution in [3.63, 3.8) is 0 Å². The van der Waals surface area contributed by atoms with Crippen LogP contribution in [0.1, 0.15) is 66.8 Å². The van der Waals surface area contributed by atoms with Gasteiger partial charge in [-0.3, -0.25) is 0 Å². The molecule has 0 aliphatic heterocycles. The summed E-state index contributed by atoms with van der Waals surface area (Å²) in [5.41, 5.74) is 0. The van der Waals surface area contributed by atoms with Crippen LogP contribution in [0.25, 0.3) is 0 Å². The van der Waals surface area contributed by atoms with Crippen molar-refractivity contribution < 1.29 is 12.3 Å². The van der Waals surface area contributed by atoms with Crippen molar-refractivity contribution >= 4 is 40.3 Å². The molecule has 0 aromatic rings. The second kappa shape index (κ2) is 43.7. The van der Waals surface area contributed by atoms with Crippen LogP contribution in [0.15, 0.2) is 0 Å². The van der Waals surface area contributed by atoms with Gasteiger partial charge in [-0.25, -0.2) is 0 Å². The Balaban J connectivity index is -0.00000000681. The zero-order chi connectivity index (χ0) is 6.62. The Morgan fingerprint density at radius 1 is 0.529 bits per heavy atom. The zero-order valence-electron chi connectivity index (χ0n) is 5.72. The SMILES string of the molecule is C.C.C.C.C.C.C.C.C.C[Si](O[SiH3])(O[SiH3])O[SiH3]. The molecule has 0 aliphatic rings. The van der Waals surface area contributed by atoms with Crippen LogP contribution in [0.5, 0.6) is 0 Å². The van der Waals surface area contributed by atoms with Crippen molar-refractivity contribution in [3.05, 3.63) is 0 Å². The molecule has 0 rings (SSSR count). The largest absolute Gasteiger partial charge is 0.464 e. The molecule has 0 aromatic heterocycles. The van der Waals surface area contributed by atoms with Gasteiger partial charge in [-0.2, -0.15) is 0 Å². The fourth-order valence-corrected chi connectivity index (χ4v) is 6.75. The van der Waals surface area contributed by atoms with E-state index in [9.17, 15) is 0 Å². The molecule has 0 aromatic carbocycles. The minimum absolute atomic E-state index is 0. The Kier molecular flexibility index (Phi) is 213. The maximum atomic E-state index is 5.14. The summed E-state index contributed by atoms with van der Waals surface area (Å²) >= 11 is 0. The molecule has 0 N–H and O–H groups in total. The lowest BCUT2D eigenvalue weighted by atomic mass is 11.9. The quantitative estimate of drug-likeness (QED) is 0.743. The van der Waals surface area contributed by atoms with Gasteiger partial charge in [0, 0.05) is 6.55 Å². The van der Waals surface area contributed by atoms with E-state index in [1.807, 2.05) is 6.55 Å². The average molecular weight is 329 g/mol. The lowest BCUT2D eigenvalue weighted by molar-refractivity contribution is 0.307. The van der Waals surface area contributed by atoms with E-state index in [1.54, 1.807) is 0 Å². The van der Waals surface area contributed by atoms with Crippen LogP contribution in [0.3, 0.4) is 0 Å². The van der Waals surface area contributed by atoms with Crippen LogP contribution < -0.4 is 0 Å². The van der Waals surface area contributed by atoms with Crippen LogP contribution in [-0.4, -0.2) is 40.3 Å². The summed E-state index contributed by atoms with van der Waals surface area (Å²) in [6, 6.07) is 0. The van der Waals surface area contributed by atoms with Gasteiger partial charge in [-0.05, 0) is 0 Å². The Morgan fingerprint density at radius 2 is 0.647 bits per heavy atom. The van der Waals surface area contributed by atoms with E-state index in [2.05, 4.69) is 0 Å². The molecular weight excluding hydrogens is 280 g/mol. The average Bonchev–Trinajstić information content (AvgIpc) is 1.87. The molecular formula is C10H48O3Si4. The van der Waals surface area contributed by atoms with Crippen molar-refractivity contribution in [2.75, 3.05) is 0 Å². The molecule has 0 unspecified atom stereocenters. The van der Waals surface area contributed by atoms with E-state index in [0.29, 0.717) is 0 Å². The highest BCUT2D eigenvalue weighted by Gasteiger charge is 2.26. The number of hydrogen-bond donors (Lipinski definition) is 0. The monoisotopic (exact) mass is 328 g/mol. The van der Waals surface area contributed by atoms with E-state index in [1.165, 1.54) is 0 Å². The molecule has 0 atom stereocenters. The first-order valence-corrected chi connectivity index (χ1v) is 7.01. The smallest absolute Gasteiger partial charge is 0.426 e. The Labute approximate surface area is 126 Å². The summed E-state index contributed by atoms with van der Waals surface area (Å²) in [7, 11) is 0.181. The molecule has 0 aliphatic carbocycles. The third kappa shape index (κ3) is 38.3. The fraction of sp³-hybridized carbons (Fsp3) is 1.00. The maximum absolute atomic E-state index is 5.14. The maximum Gasteiger partial charge on any atom is 0.464 e. The summed E-state index contributed by atoms with van der Waals surface area (Å²) in [4.78, 5) is 0. The van der Waals surface area contributed by atoms with Gasteiger partial charge in [-0.15, -0.1) is 0 Å². The molecule has 0 amide bonds. The van der Waals surface area contributed by atoms with Gasteiger partial charge in [0.25, 0.3) is 0 Å². The van der Waals surface area contributed by atoms with Crippen LogP contribution in [0.2, 0.25) is 6.55 Å². The zero-order valence-corrected chi connectivity index (χ0v) is 12.7. The first kappa shape index (κ1) is 82.9. The predicted molar refractivity (Wildman–Crippen MR) is 105 cm³/mol. The summed E-state index contributed by atoms with van der Waals surface area (Å²) in [5, 5.41) is 0. The molecule has 0 saturated heterocycles. The van der Waals surface area contributed by atoms with Crippen LogP contribution >= 0.6 is 0 Å². The summed E-state index contributed by atoms with van der Waals surface area (Å²) in [5.74, 6) is 0. The minimum Gasteiger partial charge on any atom is -0.426 e. The molecule has 0 saturated carbocycles. The van der Waals surface area contributed by atoms with Crippen LogP contribution in [-0.2, 0) is 12.3 Å². The van der Waals surface area contributed by atoms with Crippen molar-refractivity contribution in [3.8, 4) is 0 Å². The summed E-state index contributed by atoms with van der Waals surface area (Å²) < 4.78 is 15.4. The highest BCUT2D eigenvalue weighted by atomic mass is 28.5. The van der Waals surface area contributed by atoms with Gasteiger partial charge in [0.15, 0.2) is 0 Å². The Morgan fingerprint density at radius 3 is 0.647 bits per heavy atom. The molecule has 3 nitrogen and oxygen atoms in total. The van der Waals surface area contributed by atoms with Crippen LogP contribution in [0, 0.1) is 0 Å². The van der Waals surface area contributed by atoms with E-state index in [4.69, 9.17) is 12.3 Å². The van der Waals surface area contributed by atoms with E-state index in [0.717, 1.165) is 31.5 Å². The normalized spacial score (nSPS) is 9.00. The molecule has 0 radical (unpaired) electrons. The predicted octanol–water partition coefficient (Wildman–Crippen LogP) is 2.17. The lowest BCUT2D eigenvalue weighted by Gasteiger charge is -2.20. The lowest BCUT2D eigenvalue weighted by Crippen LogP contribution is -2.40. The van der Waals surface area contributed by atoms with Crippen molar-refractivity contribution in [1.29, 1.82) is 0 Å². The Hall–Kier alpha value is 0.748. The second-order valence-corrected chi connectivity index (χ2v) is 8.10. The van der Waals surface area contributed by atoms with E-state index >= 15 is 0 Å². The highest BCUT2D eigenvalue weighted by molar-refractivity contribution is 6.67. The standard InChI is InChI=1S/CH12O3Si4.9CH4/c1-8(2-5,3-6)4-7;;;;;;;;;/h1,5-7H3;9*1H4. The molecule has 122 valence electrons. The molecule has 0 spiro atoms. The third-order valence-electron chi connectivity index (χ3n) is 1.11. The van der Waals surface area contributed by atoms with Gasteiger partial charge in [0.2, 0.25) is 0 Å². The fourth-order valence-electron chi connectivity index (χ4n) is 0.250. The number of rotatable bonds is 3. The van der Waals surface area contributed by atoms with Crippen LogP contribution in [0.4, 0.5) is 0 Å². The van der Waals surface area contributed by atoms with Crippen molar-refractivity contribution in [2.45, 2.75) is 73.4 Å². The molecule has 0 fully saturated rings. The Bertz CT molecular complexity index is 66.3. The van der Waals surface area contributed by atoms with Crippen molar-refractivity contribution in [1.82, 2.24) is 0 Å². The van der Waals surface area contributed by atoms with Gasteiger partial charge in [0.05, 0.1) is 0 Å². The van der Waals surface area contributed by atoms with Gasteiger partial charge in [0.1, 0.15) is 31.5 Å². The summed E-state index contributed by atoms with van der Waals surface area (Å²) in [6.07, 6.45) is 0. The van der Waals surface area contributed by atoms with Gasteiger partial charge < -0.3 is 12.3 Å². The second-order valence-electron chi connectivity index (χ2n) is 1.47. The van der Waals surface area contributed by atoms with Crippen molar-refractivity contribution in [2.24, 2.45) is 0 Å². The topological polar surface area (TPSA) is 27.7 Å². The van der Waals surface area contributed by atoms with E-state index < -0.39 is 8.80 Å². The molecule has 0 bridgehead atoms. The third-order valence-corrected chi connectivity index (χ3v) is 10.0. The van der Waals surface area contributed by atoms with Gasteiger partial charge >= 0.3 is 8.80 Å². The molecule has 17 heavy (non-hydrogen) atoms.